The summed E-state index contributed by atoms with van der Waals surface area (Å²) < 4.78 is 0.891. The average Bonchev–Trinajstić information content (AvgIpc) is 2.44. The quantitative estimate of drug-likeness (QED) is 0.805. The standard InChI is InChI=1S/C12H15BrN2O/c13-10-8-9(14)5-6-11(10)15-7-3-1-2-4-12(15)16/h5-6,8H,1-4,7,14H2. The summed E-state index contributed by atoms with van der Waals surface area (Å²) in [5.41, 5.74) is 7.33. The van der Waals surface area contributed by atoms with Gasteiger partial charge in [-0.1, -0.05) is 6.42 Å². The minimum Gasteiger partial charge on any atom is -0.399 e. The highest BCUT2D eigenvalue weighted by molar-refractivity contribution is 9.10. The number of hydrogen-bond acceptors (Lipinski definition) is 2. The number of rotatable bonds is 1. The van der Waals surface area contributed by atoms with E-state index in [9.17, 15) is 4.79 Å². The van der Waals surface area contributed by atoms with Gasteiger partial charge in [0.25, 0.3) is 0 Å². The van der Waals surface area contributed by atoms with Gasteiger partial charge in [-0.15, -0.1) is 0 Å². The highest BCUT2D eigenvalue weighted by Gasteiger charge is 2.19. The van der Waals surface area contributed by atoms with Crippen LogP contribution in [0.1, 0.15) is 25.7 Å². The van der Waals surface area contributed by atoms with Gasteiger partial charge in [-0.25, -0.2) is 0 Å². The third kappa shape index (κ3) is 2.38. The van der Waals surface area contributed by atoms with Gasteiger partial charge in [-0.05, 0) is 47.0 Å². The summed E-state index contributed by atoms with van der Waals surface area (Å²) in [6.07, 6.45) is 3.86. The van der Waals surface area contributed by atoms with E-state index in [1.165, 1.54) is 0 Å². The third-order valence-corrected chi connectivity index (χ3v) is 3.47. The Hall–Kier alpha value is -1.03. The van der Waals surface area contributed by atoms with E-state index >= 15 is 0 Å². The van der Waals surface area contributed by atoms with Crippen LogP contribution < -0.4 is 10.6 Å². The molecule has 86 valence electrons. The Balaban J connectivity index is 2.30. The van der Waals surface area contributed by atoms with E-state index in [0.29, 0.717) is 12.1 Å². The lowest BCUT2D eigenvalue weighted by molar-refractivity contribution is -0.118. The number of nitrogen functional groups attached to an aromatic ring is 1. The number of anilines is 2. The first-order chi connectivity index (χ1) is 7.68. The molecule has 1 heterocycles. The van der Waals surface area contributed by atoms with Crippen LogP contribution in [0.15, 0.2) is 22.7 Å². The van der Waals surface area contributed by atoms with Crippen molar-refractivity contribution in [2.75, 3.05) is 17.2 Å². The normalized spacial score (nSPS) is 17.3. The summed E-state index contributed by atoms with van der Waals surface area (Å²) in [4.78, 5) is 13.8. The number of hydrogen-bond donors (Lipinski definition) is 1. The first kappa shape index (κ1) is 11.5. The van der Waals surface area contributed by atoms with Gasteiger partial charge in [0, 0.05) is 23.1 Å². The molecule has 0 aromatic heterocycles. The molecule has 0 bridgehead atoms. The lowest BCUT2D eigenvalue weighted by Gasteiger charge is -2.22. The van der Waals surface area contributed by atoms with Crippen molar-refractivity contribution in [3.8, 4) is 0 Å². The molecule has 0 aliphatic carbocycles. The van der Waals surface area contributed by atoms with Crippen molar-refractivity contribution >= 4 is 33.2 Å². The van der Waals surface area contributed by atoms with E-state index < -0.39 is 0 Å². The summed E-state index contributed by atoms with van der Waals surface area (Å²) in [5, 5.41) is 0. The molecule has 2 N–H and O–H groups in total. The van der Waals surface area contributed by atoms with Crippen LogP contribution in [-0.2, 0) is 4.79 Å². The summed E-state index contributed by atoms with van der Waals surface area (Å²) in [6.45, 7) is 0.807. The van der Waals surface area contributed by atoms with Crippen molar-refractivity contribution in [1.82, 2.24) is 0 Å². The maximum atomic E-state index is 11.9. The predicted molar refractivity (Wildman–Crippen MR) is 69.4 cm³/mol. The van der Waals surface area contributed by atoms with E-state index in [1.807, 2.05) is 23.1 Å². The van der Waals surface area contributed by atoms with E-state index in [-0.39, 0.29) is 5.91 Å². The lowest BCUT2D eigenvalue weighted by Crippen LogP contribution is -2.30. The first-order valence-corrected chi connectivity index (χ1v) is 6.33. The van der Waals surface area contributed by atoms with Gasteiger partial charge in [0.15, 0.2) is 0 Å². The summed E-state index contributed by atoms with van der Waals surface area (Å²) in [5.74, 6) is 0.211. The molecular formula is C12H15BrN2O. The van der Waals surface area contributed by atoms with Crippen LogP contribution in [0.25, 0.3) is 0 Å². The van der Waals surface area contributed by atoms with Crippen molar-refractivity contribution in [2.45, 2.75) is 25.7 Å². The zero-order valence-corrected chi connectivity index (χ0v) is 10.7. The van der Waals surface area contributed by atoms with E-state index in [1.54, 1.807) is 0 Å². The molecule has 16 heavy (non-hydrogen) atoms. The molecule has 4 heteroatoms. The van der Waals surface area contributed by atoms with Crippen LogP contribution in [0.3, 0.4) is 0 Å². The maximum Gasteiger partial charge on any atom is 0.227 e. The molecule has 1 amide bonds. The molecule has 1 aromatic rings. The number of carbonyl (C=O) groups is 1. The molecule has 0 atom stereocenters. The van der Waals surface area contributed by atoms with E-state index in [4.69, 9.17) is 5.73 Å². The maximum absolute atomic E-state index is 11.9. The number of amides is 1. The topological polar surface area (TPSA) is 46.3 Å². The second-order valence-corrected chi connectivity index (χ2v) is 4.92. The first-order valence-electron chi connectivity index (χ1n) is 5.54. The third-order valence-electron chi connectivity index (χ3n) is 2.84. The van der Waals surface area contributed by atoms with E-state index in [2.05, 4.69) is 15.9 Å². The Labute approximate surface area is 104 Å². The van der Waals surface area contributed by atoms with Crippen LogP contribution in [0, 0.1) is 0 Å². The van der Waals surface area contributed by atoms with Gasteiger partial charge < -0.3 is 10.6 Å². The molecule has 3 nitrogen and oxygen atoms in total. The molecule has 1 aliphatic heterocycles. The summed E-state index contributed by atoms with van der Waals surface area (Å²) in [6, 6.07) is 5.58. The second-order valence-electron chi connectivity index (χ2n) is 4.07. The van der Waals surface area contributed by atoms with Crippen LogP contribution in [0.4, 0.5) is 11.4 Å². The van der Waals surface area contributed by atoms with Crippen LogP contribution >= 0.6 is 15.9 Å². The van der Waals surface area contributed by atoms with Crippen LogP contribution in [0.2, 0.25) is 0 Å². The minimum absolute atomic E-state index is 0.211. The Kier molecular flexibility index (Phi) is 3.49. The van der Waals surface area contributed by atoms with Crippen molar-refractivity contribution < 1.29 is 4.79 Å². The Bertz CT molecular complexity index is 406. The van der Waals surface area contributed by atoms with Crippen LogP contribution in [0.5, 0.6) is 0 Å². The number of nitrogens with two attached hydrogens (primary N) is 1. The Morgan fingerprint density at radius 3 is 2.81 bits per heavy atom. The molecule has 0 radical (unpaired) electrons. The molecule has 1 saturated heterocycles. The molecule has 0 unspecified atom stereocenters. The number of carbonyl (C=O) groups excluding carboxylic acids is 1. The molecule has 2 rings (SSSR count). The predicted octanol–water partition coefficient (Wildman–Crippen LogP) is 2.94. The zero-order chi connectivity index (χ0) is 11.5. The molecule has 1 aromatic carbocycles. The average molecular weight is 283 g/mol. The second kappa shape index (κ2) is 4.87. The fourth-order valence-corrected chi connectivity index (χ4v) is 2.59. The van der Waals surface area contributed by atoms with Crippen molar-refractivity contribution in [3.63, 3.8) is 0 Å². The molecule has 1 aliphatic rings. The fraction of sp³-hybridized carbons (Fsp3) is 0.417. The Morgan fingerprint density at radius 2 is 2.06 bits per heavy atom. The van der Waals surface area contributed by atoms with Crippen molar-refractivity contribution in [3.05, 3.63) is 22.7 Å². The van der Waals surface area contributed by atoms with Crippen molar-refractivity contribution in [2.24, 2.45) is 0 Å². The smallest absolute Gasteiger partial charge is 0.227 e. The number of nitrogens with zero attached hydrogens (tertiary/aromatic N) is 1. The number of halogens is 1. The number of benzene rings is 1. The van der Waals surface area contributed by atoms with Gasteiger partial charge in [0.1, 0.15) is 0 Å². The van der Waals surface area contributed by atoms with E-state index in [0.717, 1.165) is 36.0 Å². The molecular weight excluding hydrogens is 268 g/mol. The largest absolute Gasteiger partial charge is 0.399 e. The lowest BCUT2D eigenvalue weighted by atomic mass is 10.2. The van der Waals surface area contributed by atoms with Gasteiger partial charge in [0.2, 0.25) is 5.91 Å². The van der Waals surface area contributed by atoms with Gasteiger partial charge in [0.05, 0.1) is 5.69 Å². The molecule has 1 fully saturated rings. The van der Waals surface area contributed by atoms with Crippen molar-refractivity contribution in [1.29, 1.82) is 0 Å². The molecule has 0 saturated carbocycles. The molecule has 0 spiro atoms. The van der Waals surface area contributed by atoms with Gasteiger partial charge >= 0.3 is 0 Å². The fourth-order valence-electron chi connectivity index (χ4n) is 1.98. The minimum atomic E-state index is 0.211. The van der Waals surface area contributed by atoms with Gasteiger partial charge in [-0.2, -0.15) is 0 Å². The Morgan fingerprint density at radius 1 is 1.25 bits per heavy atom. The van der Waals surface area contributed by atoms with Crippen LogP contribution in [-0.4, -0.2) is 12.5 Å². The SMILES string of the molecule is Nc1ccc(N2CCCCCC2=O)c(Br)c1. The summed E-state index contributed by atoms with van der Waals surface area (Å²) >= 11 is 3.46. The monoisotopic (exact) mass is 282 g/mol. The highest BCUT2D eigenvalue weighted by atomic mass is 79.9. The summed E-state index contributed by atoms with van der Waals surface area (Å²) in [7, 11) is 0. The highest BCUT2D eigenvalue weighted by Crippen LogP contribution is 2.30. The van der Waals surface area contributed by atoms with Gasteiger partial charge in [-0.3, -0.25) is 4.79 Å². The zero-order valence-electron chi connectivity index (χ0n) is 9.08.